The predicted octanol–water partition coefficient (Wildman–Crippen LogP) is 5.78. The molecule has 11 heteroatoms. The molecule has 44 heavy (non-hydrogen) atoms. The third-order valence-electron chi connectivity index (χ3n) is 8.01. The summed E-state index contributed by atoms with van der Waals surface area (Å²) >= 11 is 0. The van der Waals surface area contributed by atoms with E-state index in [4.69, 9.17) is 4.42 Å². The molecule has 1 saturated heterocycles. The number of halogens is 1. The van der Waals surface area contributed by atoms with Crippen LogP contribution >= 0.6 is 0 Å². The lowest BCUT2D eigenvalue weighted by Gasteiger charge is -2.35. The molecular weight excluding hydrogens is 565 g/mol. The van der Waals surface area contributed by atoms with E-state index in [2.05, 4.69) is 15.6 Å². The van der Waals surface area contributed by atoms with Crippen molar-refractivity contribution in [2.45, 2.75) is 19.3 Å². The van der Waals surface area contributed by atoms with E-state index in [0.717, 1.165) is 16.7 Å². The molecule has 0 saturated carbocycles. The second-order valence-corrected chi connectivity index (χ2v) is 10.7. The second-order valence-electron chi connectivity index (χ2n) is 10.7. The Labute approximate surface area is 252 Å². The Morgan fingerprint density at radius 1 is 0.977 bits per heavy atom. The predicted molar refractivity (Wildman–Crippen MR) is 164 cm³/mol. The van der Waals surface area contributed by atoms with E-state index in [0.29, 0.717) is 49.9 Å². The summed E-state index contributed by atoms with van der Waals surface area (Å²) in [6.45, 7) is 3.80. The minimum absolute atomic E-state index is 0.0324. The number of hydrogen-bond acceptors (Lipinski definition) is 6. The molecule has 6 rings (SSSR count). The first-order valence-electron chi connectivity index (χ1n) is 14.2. The zero-order chi connectivity index (χ0) is 30.8. The van der Waals surface area contributed by atoms with Gasteiger partial charge in [0.25, 0.3) is 5.91 Å². The molecule has 0 bridgehead atoms. The summed E-state index contributed by atoms with van der Waals surface area (Å²) in [5, 5.41) is 14.9. The Balaban J connectivity index is 1.04. The Morgan fingerprint density at radius 2 is 1.73 bits per heavy atom. The van der Waals surface area contributed by atoms with Gasteiger partial charge in [0.1, 0.15) is 17.4 Å². The average molecular weight is 596 g/mol. The number of pyridine rings is 1. The van der Waals surface area contributed by atoms with Crippen LogP contribution in [-0.4, -0.2) is 59.1 Å². The number of nitrogens with one attached hydrogen (secondary N) is 2. The number of rotatable bonds is 6. The van der Waals surface area contributed by atoms with Gasteiger partial charge >= 0.3 is 12.0 Å². The molecule has 2 aromatic carbocycles. The largest absolute Gasteiger partial charge is 0.478 e. The van der Waals surface area contributed by atoms with Crippen molar-refractivity contribution >= 4 is 41.2 Å². The molecule has 1 atom stereocenters. The molecular formula is C33H30FN5O5. The van der Waals surface area contributed by atoms with Crippen LogP contribution in [0.25, 0.3) is 6.08 Å². The summed E-state index contributed by atoms with van der Waals surface area (Å²) in [5.74, 6) is -0.0913. The number of benzene rings is 2. The van der Waals surface area contributed by atoms with Gasteiger partial charge in [0, 0.05) is 43.2 Å². The molecule has 1 aliphatic heterocycles. The number of carboxylic acids is 1. The van der Waals surface area contributed by atoms with Crippen molar-refractivity contribution in [2.24, 2.45) is 0 Å². The van der Waals surface area contributed by atoms with E-state index in [9.17, 15) is 23.9 Å². The number of hydrogen-bond donors (Lipinski definition) is 3. The van der Waals surface area contributed by atoms with Gasteiger partial charge in [-0.1, -0.05) is 30.3 Å². The Hall–Kier alpha value is -5.45. The van der Waals surface area contributed by atoms with Crippen molar-refractivity contribution in [1.82, 2.24) is 9.88 Å². The van der Waals surface area contributed by atoms with Crippen LogP contribution in [0.3, 0.4) is 0 Å². The van der Waals surface area contributed by atoms with Gasteiger partial charge in [0.05, 0.1) is 23.1 Å². The number of anilines is 3. The van der Waals surface area contributed by atoms with Crippen LogP contribution in [0.15, 0.2) is 77.4 Å². The van der Waals surface area contributed by atoms with Gasteiger partial charge in [0.15, 0.2) is 5.76 Å². The fourth-order valence-corrected chi connectivity index (χ4v) is 5.55. The monoisotopic (exact) mass is 595 g/mol. The van der Waals surface area contributed by atoms with Gasteiger partial charge in [-0.15, -0.1) is 0 Å². The lowest BCUT2D eigenvalue weighted by Crippen LogP contribution is -2.50. The standard InChI is InChI=1S/C33H30FN5O5/c1-20-26-18-22(21-6-9-23(34)10-7-21)8-12-28(26)44-30(20)31(40)36-24-11-13-29(35-19-24)38-14-16-39(17-15-38)33(43)37-27-5-3-2-4-25(27)32(41)42/h2-13,19,22H,14-18H2,1H3,(H,36,40)(H,37,43)(H,41,42). The molecule has 3 amide bonds. The highest BCUT2D eigenvalue weighted by Gasteiger charge is 2.27. The maximum absolute atomic E-state index is 13.4. The molecule has 224 valence electrons. The van der Waals surface area contributed by atoms with Crippen molar-refractivity contribution in [3.05, 3.63) is 113 Å². The van der Waals surface area contributed by atoms with E-state index in [1.807, 2.05) is 30.0 Å². The normalized spacial score (nSPS) is 15.9. The number of fused-ring (bicyclic) bond motifs is 1. The molecule has 2 aliphatic rings. The van der Waals surface area contributed by atoms with Crippen LogP contribution in [0.2, 0.25) is 0 Å². The summed E-state index contributed by atoms with van der Waals surface area (Å²) in [4.78, 5) is 45.5. The molecule has 3 heterocycles. The maximum Gasteiger partial charge on any atom is 0.337 e. The van der Waals surface area contributed by atoms with Crippen molar-refractivity contribution < 1.29 is 28.3 Å². The van der Waals surface area contributed by atoms with Crippen molar-refractivity contribution in [2.75, 3.05) is 41.7 Å². The number of carbonyl (C=O) groups is 3. The number of aromatic nitrogens is 1. The van der Waals surface area contributed by atoms with Gasteiger partial charge in [-0.05, 0) is 61.4 Å². The summed E-state index contributed by atoms with van der Waals surface area (Å²) in [5.41, 5.74) is 3.53. The lowest BCUT2D eigenvalue weighted by molar-refractivity contribution is 0.0697. The Bertz CT molecular complexity index is 1740. The van der Waals surface area contributed by atoms with Crippen LogP contribution in [0.5, 0.6) is 0 Å². The van der Waals surface area contributed by atoms with Crippen molar-refractivity contribution in [3.8, 4) is 0 Å². The van der Waals surface area contributed by atoms with E-state index < -0.39 is 5.97 Å². The zero-order valence-electron chi connectivity index (χ0n) is 23.9. The average Bonchev–Trinajstić information content (AvgIpc) is 3.37. The molecule has 1 unspecified atom stereocenters. The number of carbonyl (C=O) groups excluding carboxylic acids is 2. The van der Waals surface area contributed by atoms with Gasteiger partial charge in [-0.25, -0.2) is 19.0 Å². The SMILES string of the molecule is Cc1c(C(=O)Nc2ccc(N3CCN(C(=O)Nc4ccccc4C(=O)O)CC3)nc2)oc2c1CC(c1ccc(F)cc1)C=C2. The van der Waals surface area contributed by atoms with Crippen LogP contribution in [0, 0.1) is 12.7 Å². The quantitative estimate of drug-likeness (QED) is 0.258. The summed E-state index contributed by atoms with van der Waals surface area (Å²) in [6, 6.07) is 15.9. The number of carboxylic acid groups (broad SMARTS) is 1. The fourth-order valence-electron chi connectivity index (χ4n) is 5.55. The number of amides is 3. The second kappa shape index (κ2) is 12.0. The lowest BCUT2D eigenvalue weighted by atomic mass is 9.86. The van der Waals surface area contributed by atoms with E-state index >= 15 is 0 Å². The fraction of sp³-hybridized carbons (Fsp3) is 0.212. The molecule has 4 aromatic rings. The number of furan rings is 1. The van der Waals surface area contributed by atoms with Crippen LogP contribution in [-0.2, 0) is 6.42 Å². The number of para-hydroxylation sites is 1. The molecule has 10 nitrogen and oxygen atoms in total. The van der Waals surface area contributed by atoms with Crippen LogP contribution in [0.4, 0.5) is 26.4 Å². The number of nitrogens with zero attached hydrogens (tertiary/aromatic N) is 3. The highest BCUT2D eigenvalue weighted by molar-refractivity contribution is 6.04. The van der Waals surface area contributed by atoms with E-state index in [-0.39, 0.29) is 40.7 Å². The van der Waals surface area contributed by atoms with Gasteiger partial charge in [0.2, 0.25) is 0 Å². The topological polar surface area (TPSA) is 128 Å². The van der Waals surface area contributed by atoms with E-state index in [1.54, 1.807) is 47.5 Å². The highest BCUT2D eigenvalue weighted by atomic mass is 19.1. The number of piperazine rings is 1. The molecule has 0 radical (unpaired) electrons. The van der Waals surface area contributed by atoms with Gasteiger partial charge in [-0.3, -0.25) is 4.79 Å². The molecule has 3 N–H and O–H groups in total. The van der Waals surface area contributed by atoms with Gasteiger partial charge in [-0.2, -0.15) is 0 Å². The Kier molecular flexibility index (Phi) is 7.84. The first-order chi connectivity index (χ1) is 21.3. The minimum atomic E-state index is -1.11. The number of aromatic carboxylic acids is 1. The number of allylic oxidation sites excluding steroid dienone is 1. The van der Waals surface area contributed by atoms with Crippen molar-refractivity contribution in [3.63, 3.8) is 0 Å². The highest BCUT2D eigenvalue weighted by Crippen LogP contribution is 2.35. The molecule has 1 fully saturated rings. The molecule has 2 aromatic heterocycles. The molecule has 0 spiro atoms. The van der Waals surface area contributed by atoms with Crippen LogP contribution in [0.1, 0.15) is 49.3 Å². The zero-order valence-corrected chi connectivity index (χ0v) is 23.9. The summed E-state index contributed by atoms with van der Waals surface area (Å²) < 4.78 is 19.3. The number of urea groups is 1. The molecule has 1 aliphatic carbocycles. The Morgan fingerprint density at radius 3 is 2.43 bits per heavy atom. The minimum Gasteiger partial charge on any atom is -0.478 e. The summed E-state index contributed by atoms with van der Waals surface area (Å²) in [7, 11) is 0. The summed E-state index contributed by atoms with van der Waals surface area (Å²) in [6.07, 6.45) is 6.11. The maximum atomic E-state index is 13.4. The van der Waals surface area contributed by atoms with E-state index in [1.165, 1.54) is 18.2 Å². The van der Waals surface area contributed by atoms with Gasteiger partial charge < -0.3 is 30.0 Å². The first kappa shape index (κ1) is 28.7. The first-order valence-corrected chi connectivity index (χ1v) is 14.2. The third kappa shape index (κ3) is 5.89. The third-order valence-corrected chi connectivity index (χ3v) is 8.01. The van der Waals surface area contributed by atoms with Crippen LogP contribution < -0.4 is 15.5 Å². The smallest absolute Gasteiger partial charge is 0.337 e. The van der Waals surface area contributed by atoms with Crippen molar-refractivity contribution in [1.29, 1.82) is 0 Å².